The fourth-order valence-electron chi connectivity index (χ4n) is 2.83. The molecule has 0 unspecified atom stereocenters. The highest BCUT2D eigenvalue weighted by Crippen LogP contribution is 2.36. The van der Waals surface area contributed by atoms with Gasteiger partial charge < -0.3 is 5.32 Å². The zero-order valence-electron chi connectivity index (χ0n) is 16.3. The molecular weight excluding hydrogens is 400 g/mol. The number of thioether (sulfide) groups is 1. The molecular formula is C22H22N4OS2. The number of Topliss-reactive ketones (excluding diaryl/α,β-unsaturated/α-hetero) is 1. The molecule has 1 heterocycles. The minimum absolute atomic E-state index is 0.0493. The molecule has 2 aromatic rings. The quantitative estimate of drug-likeness (QED) is 0.412. The summed E-state index contributed by atoms with van der Waals surface area (Å²) in [7, 11) is 0. The number of allylic oxidation sites excluding steroid dienone is 1. The van der Waals surface area contributed by atoms with Gasteiger partial charge in [-0.1, -0.05) is 60.3 Å². The SMILES string of the molecule is C=CCNC(=S)/N=C1/NN(c2ccccc2)C(c2ccc(C(C)=O)cc2)=C(C)S1. The fourth-order valence-corrected chi connectivity index (χ4v) is 3.93. The van der Waals surface area contributed by atoms with Gasteiger partial charge in [-0.25, -0.2) is 0 Å². The van der Waals surface area contributed by atoms with Crippen LogP contribution in [0.4, 0.5) is 5.69 Å². The van der Waals surface area contributed by atoms with E-state index in [0.717, 1.165) is 21.9 Å². The lowest BCUT2D eigenvalue weighted by molar-refractivity contribution is 0.101. The highest BCUT2D eigenvalue weighted by Gasteiger charge is 2.25. The van der Waals surface area contributed by atoms with Gasteiger partial charge in [-0.05, 0) is 38.2 Å². The van der Waals surface area contributed by atoms with Crippen molar-refractivity contribution >= 4 is 51.4 Å². The maximum atomic E-state index is 11.6. The molecule has 0 atom stereocenters. The third-order valence-electron chi connectivity index (χ3n) is 4.19. The van der Waals surface area contributed by atoms with Crippen LogP contribution in [-0.4, -0.2) is 22.6 Å². The number of anilines is 1. The number of hydrazine groups is 1. The fraction of sp³-hybridized carbons (Fsp3) is 0.136. The number of ketones is 1. The predicted molar refractivity (Wildman–Crippen MR) is 127 cm³/mol. The highest BCUT2D eigenvalue weighted by atomic mass is 32.2. The Morgan fingerprint density at radius 2 is 1.93 bits per heavy atom. The van der Waals surface area contributed by atoms with Gasteiger partial charge in [0.15, 0.2) is 16.1 Å². The first kappa shape index (κ1) is 20.8. The molecule has 0 aromatic heterocycles. The van der Waals surface area contributed by atoms with Crippen LogP contribution in [-0.2, 0) is 0 Å². The van der Waals surface area contributed by atoms with E-state index >= 15 is 0 Å². The predicted octanol–water partition coefficient (Wildman–Crippen LogP) is 4.75. The van der Waals surface area contributed by atoms with Crippen LogP contribution in [0.3, 0.4) is 0 Å². The number of hydrogen-bond donors (Lipinski definition) is 2. The first-order valence-electron chi connectivity index (χ1n) is 9.09. The number of amidine groups is 1. The zero-order chi connectivity index (χ0) is 20.8. The second-order valence-electron chi connectivity index (χ2n) is 6.31. The van der Waals surface area contributed by atoms with Crippen LogP contribution in [0.2, 0.25) is 0 Å². The summed E-state index contributed by atoms with van der Waals surface area (Å²) in [5.41, 5.74) is 7.02. The Morgan fingerprint density at radius 3 is 2.55 bits per heavy atom. The van der Waals surface area contributed by atoms with E-state index in [1.807, 2.05) is 66.5 Å². The molecule has 0 saturated carbocycles. The van der Waals surface area contributed by atoms with Crippen molar-refractivity contribution in [2.45, 2.75) is 13.8 Å². The standard InChI is InChI=1S/C22H22N4OS2/c1-4-14-23-21(28)24-22-25-26(19-8-6-5-7-9-19)20(16(3)29-22)18-12-10-17(11-13-18)15(2)27/h4-13H,1,14H2,2-3H3,(H2,23,24,25,28). The van der Waals surface area contributed by atoms with Crippen molar-refractivity contribution in [3.05, 3.63) is 83.3 Å². The number of para-hydroxylation sites is 1. The van der Waals surface area contributed by atoms with Gasteiger partial charge in [0.25, 0.3) is 0 Å². The Morgan fingerprint density at radius 1 is 1.24 bits per heavy atom. The Kier molecular flexibility index (Phi) is 6.85. The molecule has 0 spiro atoms. The number of rotatable bonds is 5. The van der Waals surface area contributed by atoms with Crippen LogP contribution in [0.1, 0.15) is 29.8 Å². The third kappa shape index (κ3) is 5.13. The van der Waals surface area contributed by atoms with Crippen LogP contribution < -0.4 is 15.8 Å². The molecule has 0 radical (unpaired) electrons. The van der Waals surface area contributed by atoms with E-state index in [0.29, 0.717) is 22.4 Å². The molecule has 0 saturated heterocycles. The van der Waals surface area contributed by atoms with Crippen molar-refractivity contribution in [2.75, 3.05) is 11.6 Å². The monoisotopic (exact) mass is 422 g/mol. The largest absolute Gasteiger partial charge is 0.357 e. The Labute approximate surface area is 180 Å². The number of hydrogen-bond acceptors (Lipinski definition) is 4. The van der Waals surface area contributed by atoms with Crippen molar-refractivity contribution in [1.82, 2.24) is 10.7 Å². The van der Waals surface area contributed by atoms with Crippen LogP contribution in [0, 0.1) is 0 Å². The molecule has 3 rings (SSSR count). The molecule has 0 fully saturated rings. The molecule has 29 heavy (non-hydrogen) atoms. The van der Waals surface area contributed by atoms with Crippen molar-refractivity contribution in [3.8, 4) is 0 Å². The topological polar surface area (TPSA) is 56.7 Å². The minimum Gasteiger partial charge on any atom is -0.357 e. The van der Waals surface area contributed by atoms with E-state index in [4.69, 9.17) is 12.2 Å². The minimum atomic E-state index is 0.0493. The van der Waals surface area contributed by atoms with Gasteiger partial charge in [0.2, 0.25) is 0 Å². The van der Waals surface area contributed by atoms with Gasteiger partial charge in [-0.3, -0.25) is 15.2 Å². The number of thiocarbonyl (C=S) groups is 1. The van der Waals surface area contributed by atoms with Crippen LogP contribution in [0.5, 0.6) is 0 Å². The van der Waals surface area contributed by atoms with E-state index in [1.165, 1.54) is 11.8 Å². The van der Waals surface area contributed by atoms with Crippen LogP contribution in [0.15, 0.2) is 77.1 Å². The lowest BCUT2D eigenvalue weighted by Crippen LogP contribution is -2.43. The maximum absolute atomic E-state index is 11.6. The molecule has 5 nitrogen and oxygen atoms in total. The van der Waals surface area contributed by atoms with Crippen molar-refractivity contribution in [1.29, 1.82) is 0 Å². The molecule has 1 aliphatic rings. The van der Waals surface area contributed by atoms with E-state index in [-0.39, 0.29) is 5.78 Å². The Bertz CT molecular complexity index is 982. The van der Waals surface area contributed by atoms with E-state index < -0.39 is 0 Å². The maximum Gasteiger partial charge on any atom is 0.195 e. The second kappa shape index (κ2) is 9.54. The molecule has 2 N–H and O–H groups in total. The zero-order valence-corrected chi connectivity index (χ0v) is 17.9. The van der Waals surface area contributed by atoms with Crippen molar-refractivity contribution in [3.63, 3.8) is 0 Å². The molecule has 2 aromatic carbocycles. The number of benzene rings is 2. The van der Waals surface area contributed by atoms with Crippen molar-refractivity contribution < 1.29 is 4.79 Å². The number of aliphatic imine (C=N–C) groups is 1. The smallest absolute Gasteiger partial charge is 0.195 e. The second-order valence-corrected chi connectivity index (χ2v) is 7.90. The van der Waals surface area contributed by atoms with E-state index in [2.05, 4.69) is 22.3 Å². The van der Waals surface area contributed by atoms with Gasteiger partial charge >= 0.3 is 0 Å². The summed E-state index contributed by atoms with van der Waals surface area (Å²) in [4.78, 5) is 17.2. The molecule has 7 heteroatoms. The molecule has 0 aliphatic carbocycles. The third-order valence-corrected chi connectivity index (χ3v) is 5.31. The number of nitrogens with one attached hydrogen (secondary N) is 2. The lowest BCUT2D eigenvalue weighted by Gasteiger charge is -2.34. The van der Waals surface area contributed by atoms with E-state index in [1.54, 1.807) is 13.0 Å². The van der Waals surface area contributed by atoms with E-state index in [9.17, 15) is 4.79 Å². The average molecular weight is 423 g/mol. The van der Waals surface area contributed by atoms with Gasteiger partial charge in [-0.2, -0.15) is 4.99 Å². The molecule has 0 bridgehead atoms. The summed E-state index contributed by atoms with van der Waals surface area (Å²) in [5, 5.41) is 6.08. The summed E-state index contributed by atoms with van der Waals surface area (Å²) in [6.45, 7) is 7.85. The van der Waals surface area contributed by atoms with Crippen LogP contribution >= 0.6 is 24.0 Å². The molecule has 148 valence electrons. The lowest BCUT2D eigenvalue weighted by atomic mass is 10.1. The summed E-state index contributed by atoms with van der Waals surface area (Å²) in [5.74, 6) is 0.0493. The molecule has 0 amide bonds. The first-order chi connectivity index (χ1) is 14.0. The summed E-state index contributed by atoms with van der Waals surface area (Å²) in [6.07, 6.45) is 1.73. The van der Waals surface area contributed by atoms with Gasteiger partial charge in [-0.15, -0.1) is 6.58 Å². The summed E-state index contributed by atoms with van der Waals surface area (Å²) in [6, 6.07) is 17.6. The Hall–Kier alpha value is -2.90. The van der Waals surface area contributed by atoms with Gasteiger partial charge in [0.05, 0.1) is 11.4 Å². The first-order valence-corrected chi connectivity index (χ1v) is 10.3. The number of carbonyl (C=O) groups excluding carboxylic acids is 1. The Balaban J connectivity index is 2.00. The van der Waals surface area contributed by atoms with Gasteiger partial charge in [0.1, 0.15) is 0 Å². The molecule has 1 aliphatic heterocycles. The summed E-state index contributed by atoms with van der Waals surface area (Å²) >= 11 is 6.81. The average Bonchev–Trinajstić information content (AvgIpc) is 2.72. The highest BCUT2D eigenvalue weighted by molar-refractivity contribution is 8.17. The van der Waals surface area contributed by atoms with Gasteiger partial charge in [0, 0.05) is 22.6 Å². The van der Waals surface area contributed by atoms with Crippen molar-refractivity contribution in [2.24, 2.45) is 4.99 Å². The number of carbonyl (C=O) groups is 1. The number of nitrogens with zero attached hydrogens (tertiary/aromatic N) is 2. The van der Waals surface area contributed by atoms with Crippen LogP contribution in [0.25, 0.3) is 5.70 Å². The summed E-state index contributed by atoms with van der Waals surface area (Å²) < 4.78 is 0. The normalized spacial score (nSPS) is 15.1.